The van der Waals surface area contributed by atoms with Gasteiger partial charge in [-0.3, -0.25) is 0 Å². The molecule has 0 aliphatic rings. The summed E-state index contributed by atoms with van der Waals surface area (Å²) in [5.41, 5.74) is 6.53. The number of nitrogen functional groups attached to an aromatic ring is 1. The number of benzene rings is 1. The van der Waals surface area contributed by atoms with Crippen LogP contribution in [0.4, 0.5) is 5.82 Å². The number of hydrogen-bond acceptors (Lipinski definition) is 4. The number of anilines is 1. The van der Waals surface area contributed by atoms with Crippen molar-refractivity contribution >= 4 is 16.7 Å². The van der Waals surface area contributed by atoms with Gasteiger partial charge in [-0.25, -0.2) is 4.98 Å². The molecular formula is C14H18N2O2. The number of fused-ring (bicyclic) bond motifs is 1. The highest BCUT2D eigenvalue weighted by Crippen LogP contribution is 2.29. The van der Waals surface area contributed by atoms with Crippen molar-refractivity contribution in [1.82, 2.24) is 4.98 Å². The quantitative estimate of drug-likeness (QED) is 0.824. The van der Waals surface area contributed by atoms with Gasteiger partial charge >= 0.3 is 0 Å². The van der Waals surface area contributed by atoms with Crippen molar-refractivity contribution in [2.24, 2.45) is 0 Å². The Morgan fingerprint density at radius 1 is 1.28 bits per heavy atom. The summed E-state index contributed by atoms with van der Waals surface area (Å²) in [6.07, 6.45) is 2.17. The Labute approximate surface area is 107 Å². The molecule has 1 heterocycles. The summed E-state index contributed by atoms with van der Waals surface area (Å²) < 4.78 is 11.0. The molecule has 4 heteroatoms. The number of pyridine rings is 1. The molecule has 0 aliphatic heterocycles. The van der Waals surface area contributed by atoms with Crippen LogP contribution < -0.4 is 15.2 Å². The van der Waals surface area contributed by atoms with E-state index < -0.39 is 0 Å². The lowest BCUT2D eigenvalue weighted by Crippen LogP contribution is -1.98. The van der Waals surface area contributed by atoms with Crippen molar-refractivity contribution in [1.29, 1.82) is 0 Å². The zero-order valence-electron chi connectivity index (χ0n) is 10.8. The maximum Gasteiger partial charge on any atom is 0.132 e. The third-order valence-corrected chi connectivity index (χ3v) is 2.75. The van der Waals surface area contributed by atoms with E-state index in [1.807, 2.05) is 18.2 Å². The van der Waals surface area contributed by atoms with Crippen molar-refractivity contribution in [2.75, 3.05) is 19.5 Å². The van der Waals surface area contributed by atoms with Gasteiger partial charge in [-0.15, -0.1) is 0 Å². The maximum absolute atomic E-state index is 5.71. The minimum Gasteiger partial charge on any atom is -0.496 e. The molecule has 0 spiro atoms. The average molecular weight is 246 g/mol. The molecule has 18 heavy (non-hydrogen) atoms. The molecule has 0 atom stereocenters. The first-order valence-corrected chi connectivity index (χ1v) is 6.11. The fourth-order valence-electron chi connectivity index (χ4n) is 1.79. The van der Waals surface area contributed by atoms with Gasteiger partial charge in [0, 0.05) is 11.5 Å². The van der Waals surface area contributed by atoms with E-state index in [4.69, 9.17) is 15.2 Å². The first kappa shape index (κ1) is 12.5. The SMILES string of the molecule is CCCCOc1ccc2nc(N)cc(OC)c2c1. The Hall–Kier alpha value is -1.97. The minimum absolute atomic E-state index is 0.457. The second-order valence-electron chi connectivity index (χ2n) is 4.13. The molecule has 96 valence electrons. The van der Waals surface area contributed by atoms with Gasteiger partial charge in [0.1, 0.15) is 17.3 Å². The van der Waals surface area contributed by atoms with Crippen LogP contribution in [-0.4, -0.2) is 18.7 Å². The molecule has 2 rings (SSSR count). The van der Waals surface area contributed by atoms with Gasteiger partial charge in [0.2, 0.25) is 0 Å². The number of ether oxygens (including phenoxy) is 2. The van der Waals surface area contributed by atoms with Gasteiger partial charge < -0.3 is 15.2 Å². The zero-order chi connectivity index (χ0) is 13.0. The summed E-state index contributed by atoms with van der Waals surface area (Å²) in [4.78, 5) is 4.26. The second kappa shape index (κ2) is 5.58. The Morgan fingerprint density at radius 2 is 2.11 bits per heavy atom. The molecule has 0 saturated carbocycles. The Bertz CT molecular complexity index is 541. The molecule has 2 aromatic rings. The highest BCUT2D eigenvalue weighted by Gasteiger charge is 2.06. The van der Waals surface area contributed by atoms with Gasteiger partial charge in [0.15, 0.2) is 0 Å². The summed E-state index contributed by atoms with van der Waals surface area (Å²) in [7, 11) is 1.62. The molecule has 1 aromatic carbocycles. The third kappa shape index (κ3) is 2.64. The summed E-state index contributed by atoms with van der Waals surface area (Å²) in [5.74, 6) is 2.01. The van der Waals surface area contributed by atoms with Crippen LogP contribution in [0.1, 0.15) is 19.8 Å². The van der Waals surface area contributed by atoms with Crippen LogP contribution in [0.15, 0.2) is 24.3 Å². The van der Waals surface area contributed by atoms with Gasteiger partial charge in [-0.1, -0.05) is 13.3 Å². The van der Waals surface area contributed by atoms with E-state index in [1.165, 1.54) is 0 Å². The Balaban J connectivity index is 2.34. The number of nitrogens with two attached hydrogens (primary N) is 1. The predicted octanol–water partition coefficient (Wildman–Crippen LogP) is 3.00. The van der Waals surface area contributed by atoms with Crippen LogP contribution >= 0.6 is 0 Å². The van der Waals surface area contributed by atoms with Gasteiger partial charge in [0.05, 0.1) is 19.2 Å². The van der Waals surface area contributed by atoms with Crippen molar-refractivity contribution in [3.63, 3.8) is 0 Å². The summed E-state index contributed by atoms with van der Waals surface area (Å²) in [6.45, 7) is 2.87. The largest absolute Gasteiger partial charge is 0.496 e. The highest BCUT2D eigenvalue weighted by molar-refractivity contribution is 5.87. The molecule has 0 aliphatic carbocycles. The van der Waals surface area contributed by atoms with Crippen LogP contribution in [-0.2, 0) is 0 Å². The van der Waals surface area contributed by atoms with Crippen LogP contribution in [0.3, 0.4) is 0 Å². The first-order valence-electron chi connectivity index (χ1n) is 6.11. The number of unbranched alkanes of at least 4 members (excludes halogenated alkanes) is 1. The smallest absolute Gasteiger partial charge is 0.132 e. The third-order valence-electron chi connectivity index (χ3n) is 2.75. The summed E-state index contributed by atoms with van der Waals surface area (Å²) in [6, 6.07) is 7.47. The first-order chi connectivity index (χ1) is 8.74. The molecular weight excluding hydrogens is 228 g/mol. The van der Waals surface area contributed by atoms with E-state index in [1.54, 1.807) is 13.2 Å². The fourth-order valence-corrected chi connectivity index (χ4v) is 1.79. The number of hydrogen-bond donors (Lipinski definition) is 1. The van der Waals surface area contributed by atoms with Crippen molar-refractivity contribution in [3.8, 4) is 11.5 Å². The van der Waals surface area contributed by atoms with E-state index in [-0.39, 0.29) is 0 Å². The number of aromatic nitrogens is 1. The van der Waals surface area contributed by atoms with E-state index >= 15 is 0 Å². The fraction of sp³-hybridized carbons (Fsp3) is 0.357. The van der Waals surface area contributed by atoms with E-state index in [0.717, 1.165) is 41.9 Å². The van der Waals surface area contributed by atoms with Crippen molar-refractivity contribution in [3.05, 3.63) is 24.3 Å². The molecule has 0 bridgehead atoms. The molecule has 4 nitrogen and oxygen atoms in total. The van der Waals surface area contributed by atoms with Crippen molar-refractivity contribution in [2.45, 2.75) is 19.8 Å². The topological polar surface area (TPSA) is 57.4 Å². The number of nitrogens with zero attached hydrogens (tertiary/aromatic N) is 1. The summed E-state index contributed by atoms with van der Waals surface area (Å²) >= 11 is 0. The van der Waals surface area contributed by atoms with Crippen LogP contribution in [0, 0.1) is 0 Å². The second-order valence-corrected chi connectivity index (χ2v) is 4.13. The Morgan fingerprint density at radius 3 is 2.83 bits per heavy atom. The predicted molar refractivity (Wildman–Crippen MR) is 73.1 cm³/mol. The highest BCUT2D eigenvalue weighted by atomic mass is 16.5. The number of methoxy groups -OCH3 is 1. The Kier molecular flexibility index (Phi) is 3.87. The lowest BCUT2D eigenvalue weighted by molar-refractivity contribution is 0.309. The lowest BCUT2D eigenvalue weighted by atomic mass is 10.2. The monoisotopic (exact) mass is 246 g/mol. The molecule has 1 aromatic heterocycles. The van der Waals surface area contributed by atoms with Crippen LogP contribution in [0.25, 0.3) is 10.9 Å². The standard InChI is InChI=1S/C14H18N2O2/c1-3-4-7-18-10-5-6-12-11(8-10)13(17-2)9-14(15)16-12/h5-6,8-9H,3-4,7H2,1-2H3,(H2,15,16). The molecule has 0 saturated heterocycles. The molecule has 0 fully saturated rings. The van der Waals surface area contributed by atoms with Gasteiger partial charge in [-0.05, 0) is 24.6 Å². The van der Waals surface area contributed by atoms with Crippen LogP contribution in [0.5, 0.6) is 11.5 Å². The minimum atomic E-state index is 0.457. The van der Waals surface area contributed by atoms with Crippen molar-refractivity contribution < 1.29 is 9.47 Å². The summed E-state index contributed by atoms with van der Waals surface area (Å²) in [5, 5.41) is 0.917. The van der Waals surface area contributed by atoms with Gasteiger partial charge in [-0.2, -0.15) is 0 Å². The zero-order valence-corrected chi connectivity index (χ0v) is 10.8. The average Bonchev–Trinajstić information content (AvgIpc) is 2.38. The molecule has 0 unspecified atom stereocenters. The van der Waals surface area contributed by atoms with Crippen LogP contribution in [0.2, 0.25) is 0 Å². The number of rotatable bonds is 5. The van der Waals surface area contributed by atoms with E-state index in [2.05, 4.69) is 11.9 Å². The normalized spacial score (nSPS) is 10.6. The lowest BCUT2D eigenvalue weighted by Gasteiger charge is -2.09. The molecule has 0 radical (unpaired) electrons. The molecule has 0 amide bonds. The maximum atomic E-state index is 5.71. The van der Waals surface area contributed by atoms with E-state index in [0.29, 0.717) is 5.82 Å². The van der Waals surface area contributed by atoms with E-state index in [9.17, 15) is 0 Å². The van der Waals surface area contributed by atoms with Gasteiger partial charge in [0.25, 0.3) is 0 Å². The molecule has 2 N–H and O–H groups in total.